The quantitative estimate of drug-likeness (QED) is 0.327. The van der Waals surface area contributed by atoms with Crippen LogP contribution in [-0.4, -0.2) is 37.2 Å². The van der Waals surface area contributed by atoms with Crippen molar-refractivity contribution >= 4 is 28.4 Å². The Morgan fingerprint density at radius 2 is 1.73 bits per heavy atom. The van der Waals surface area contributed by atoms with Gasteiger partial charge in [-0.15, -0.1) is 11.3 Å². The Labute approximate surface area is 155 Å². The summed E-state index contributed by atoms with van der Waals surface area (Å²) < 4.78 is 14.9. The zero-order valence-corrected chi connectivity index (χ0v) is 15.6. The Bertz CT molecular complexity index is 763. The van der Waals surface area contributed by atoms with Gasteiger partial charge in [-0.3, -0.25) is 0 Å². The topological polar surface area (TPSA) is 86.8 Å². The van der Waals surface area contributed by atoms with E-state index >= 15 is 0 Å². The van der Waals surface area contributed by atoms with E-state index in [1.807, 2.05) is 29.6 Å². The third kappa shape index (κ3) is 5.06. The van der Waals surface area contributed by atoms with Crippen LogP contribution in [0.25, 0.3) is 11.3 Å². The highest BCUT2D eigenvalue weighted by atomic mass is 32.1. The SMILES string of the molecule is CCOC(=O)C(=CNc1nc(-c2ccc(OC)cc2)cs1)C(=O)OCC. The first-order chi connectivity index (χ1) is 12.6. The summed E-state index contributed by atoms with van der Waals surface area (Å²) in [6.07, 6.45) is 1.26. The standard InChI is InChI=1S/C18H20N2O5S/c1-4-24-16(21)14(17(22)25-5-2)10-19-18-20-15(11-26-18)12-6-8-13(23-3)9-7-12/h6-11H,4-5H2,1-3H3,(H,19,20). The molecule has 0 aliphatic rings. The number of carbonyl (C=O) groups excluding carboxylic acids is 2. The average Bonchev–Trinajstić information content (AvgIpc) is 3.11. The maximum absolute atomic E-state index is 11.9. The van der Waals surface area contributed by atoms with Gasteiger partial charge in [0.1, 0.15) is 5.75 Å². The molecule has 2 aromatic rings. The predicted octanol–water partition coefficient (Wildman–Crippen LogP) is 3.24. The lowest BCUT2D eigenvalue weighted by molar-refractivity contribution is -0.146. The molecule has 0 fully saturated rings. The summed E-state index contributed by atoms with van der Waals surface area (Å²) in [4.78, 5) is 28.3. The van der Waals surface area contributed by atoms with E-state index in [4.69, 9.17) is 14.2 Å². The lowest BCUT2D eigenvalue weighted by atomic mass is 10.2. The Kier molecular flexibility index (Phi) is 7.16. The molecule has 0 saturated carbocycles. The normalized spacial score (nSPS) is 9.96. The van der Waals surface area contributed by atoms with Gasteiger partial charge in [-0.1, -0.05) is 0 Å². The summed E-state index contributed by atoms with van der Waals surface area (Å²) >= 11 is 1.34. The maximum atomic E-state index is 11.9. The molecule has 0 unspecified atom stereocenters. The summed E-state index contributed by atoms with van der Waals surface area (Å²) in [6, 6.07) is 7.49. The number of ether oxygens (including phenoxy) is 3. The molecule has 0 spiro atoms. The van der Waals surface area contributed by atoms with Gasteiger partial charge in [0.2, 0.25) is 0 Å². The van der Waals surface area contributed by atoms with Crippen molar-refractivity contribution in [2.24, 2.45) is 0 Å². The van der Waals surface area contributed by atoms with Crippen molar-refractivity contribution in [3.8, 4) is 17.0 Å². The Morgan fingerprint density at radius 1 is 1.12 bits per heavy atom. The molecule has 2 rings (SSSR count). The molecule has 1 N–H and O–H groups in total. The smallest absolute Gasteiger partial charge is 0.347 e. The van der Waals surface area contributed by atoms with E-state index < -0.39 is 11.9 Å². The first kappa shape index (κ1) is 19.5. The highest BCUT2D eigenvalue weighted by molar-refractivity contribution is 7.14. The van der Waals surface area contributed by atoms with Crippen LogP contribution in [-0.2, 0) is 19.1 Å². The summed E-state index contributed by atoms with van der Waals surface area (Å²) in [6.45, 7) is 3.65. The van der Waals surface area contributed by atoms with Gasteiger partial charge in [0.25, 0.3) is 0 Å². The van der Waals surface area contributed by atoms with Crippen LogP contribution in [0.2, 0.25) is 0 Å². The van der Waals surface area contributed by atoms with Gasteiger partial charge in [-0.2, -0.15) is 0 Å². The molecule has 0 bridgehead atoms. The summed E-state index contributed by atoms with van der Waals surface area (Å²) in [5, 5.41) is 5.25. The molecular weight excluding hydrogens is 356 g/mol. The minimum Gasteiger partial charge on any atom is -0.497 e. The minimum absolute atomic E-state index is 0.161. The molecular formula is C18H20N2O5S. The fourth-order valence-electron chi connectivity index (χ4n) is 1.99. The van der Waals surface area contributed by atoms with Gasteiger partial charge >= 0.3 is 11.9 Å². The average molecular weight is 376 g/mol. The van der Waals surface area contributed by atoms with Crippen molar-refractivity contribution in [1.82, 2.24) is 4.98 Å². The first-order valence-corrected chi connectivity index (χ1v) is 8.87. The van der Waals surface area contributed by atoms with E-state index in [0.717, 1.165) is 17.0 Å². The first-order valence-electron chi connectivity index (χ1n) is 7.99. The highest BCUT2D eigenvalue weighted by Crippen LogP contribution is 2.26. The van der Waals surface area contributed by atoms with E-state index in [9.17, 15) is 9.59 Å². The largest absolute Gasteiger partial charge is 0.497 e. The lowest BCUT2D eigenvalue weighted by Gasteiger charge is -2.06. The Balaban J connectivity index is 2.15. The summed E-state index contributed by atoms with van der Waals surface area (Å²) in [5.74, 6) is -0.727. The van der Waals surface area contributed by atoms with Crippen LogP contribution in [0.5, 0.6) is 5.75 Å². The van der Waals surface area contributed by atoms with E-state index in [-0.39, 0.29) is 18.8 Å². The molecule has 1 heterocycles. The van der Waals surface area contributed by atoms with Gasteiger partial charge in [0, 0.05) is 17.1 Å². The van der Waals surface area contributed by atoms with Crippen molar-refractivity contribution in [3.05, 3.63) is 41.4 Å². The molecule has 1 aromatic heterocycles. The number of esters is 2. The molecule has 26 heavy (non-hydrogen) atoms. The van der Waals surface area contributed by atoms with E-state index in [2.05, 4.69) is 10.3 Å². The van der Waals surface area contributed by atoms with Crippen LogP contribution in [0.3, 0.4) is 0 Å². The zero-order chi connectivity index (χ0) is 18.9. The fraction of sp³-hybridized carbons (Fsp3) is 0.278. The van der Waals surface area contributed by atoms with Gasteiger partial charge in [0.15, 0.2) is 10.7 Å². The zero-order valence-electron chi connectivity index (χ0n) is 14.8. The van der Waals surface area contributed by atoms with Crippen molar-refractivity contribution in [3.63, 3.8) is 0 Å². The lowest BCUT2D eigenvalue weighted by Crippen LogP contribution is -2.19. The predicted molar refractivity (Wildman–Crippen MR) is 99.1 cm³/mol. The van der Waals surface area contributed by atoms with E-state index in [0.29, 0.717) is 5.13 Å². The number of methoxy groups -OCH3 is 1. The van der Waals surface area contributed by atoms with Crippen LogP contribution in [0, 0.1) is 0 Å². The van der Waals surface area contributed by atoms with Gasteiger partial charge in [-0.25, -0.2) is 14.6 Å². The second kappa shape index (κ2) is 9.57. The molecule has 8 heteroatoms. The van der Waals surface area contributed by atoms with Gasteiger partial charge < -0.3 is 19.5 Å². The second-order valence-corrected chi connectivity index (χ2v) is 5.77. The minimum atomic E-state index is -0.745. The van der Waals surface area contributed by atoms with Crippen molar-refractivity contribution in [2.75, 3.05) is 25.6 Å². The number of nitrogens with zero attached hydrogens (tertiary/aromatic N) is 1. The molecule has 1 aromatic carbocycles. The van der Waals surface area contributed by atoms with Crippen LogP contribution in [0.4, 0.5) is 5.13 Å². The highest BCUT2D eigenvalue weighted by Gasteiger charge is 2.21. The molecule has 0 amide bonds. The van der Waals surface area contributed by atoms with Crippen molar-refractivity contribution in [2.45, 2.75) is 13.8 Å². The number of nitrogens with one attached hydrogen (secondary N) is 1. The van der Waals surface area contributed by atoms with Crippen LogP contribution >= 0.6 is 11.3 Å². The summed E-state index contributed by atoms with van der Waals surface area (Å²) in [7, 11) is 1.61. The number of carbonyl (C=O) groups is 2. The Morgan fingerprint density at radius 3 is 2.27 bits per heavy atom. The van der Waals surface area contributed by atoms with Gasteiger partial charge in [0.05, 0.1) is 26.0 Å². The Hall–Kier alpha value is -2.87. The molecule has 0 atom stereocenters. The maximum Gasteiger partial charge on any atom is 0.347 e. The number of rotatable bonds is 8. The molecule has 0 saturated heterocycles. The molecule has 0 aliphatic heterocycles. The number of hydrogen-bond acceptors (Lipinski definition) is 8. The van der Waals surface area contributed by atoms with E-state index in [1.54, 1.807) is 21.0 Å². The number of hydrogen-bond donors (Lipinski definition) is 1. The van der Waals surface area contributed by atoms with Crippen LogP contribution in [0.1, 0.15) is 13.8 Å². The number of benzene rings is 1. The number of aromatic nitrogens is 1. The monoisotopic (exact) mass is 376 g/mol. The fourth-order valence-corrected chi connectivity index (χ4v) is 2.68. The summed E-state index contributed by atoms with van der Waals surface area (Å²) in [5.41, 5.74) is 1.48. The molecule has 0 radical (unpaired) electrons. The van der Waals surface area contributed by atoms with E-state index in [1.165, 1.54) is 17.5 Å². The third-order valence-corrected chi connectivity index (χ3v) is 3.99. The second-order valence-electron chi connectivity index (χ2n) is 4.91. The molecule has 7 nitrogen and oxygen atoms in total. The van der Waals surface area contributed by atoms with Crippen molar-refractivity contribution in [1.29, 1.82) is 0 Å². The van der Waals surface area contributed by atoms with Crippen LogP contribution in [0.15, 0.2) is 41.4 Å². The third-order valence-electron chi connectivity index (χ3n) is 3.22. The number of thiazole rings is 1. The van der Waals surface area contributed by atoms with Crippen LogP contribution < -0.4 is 10.1 Å². The van der Waals surface area contributed by atoms with Crippen molar-refractivity contribution < 1.29 is 23.8 Å². The number of anilines is 1. The molecule has 0 aliphatic carbocycles. The molecule has 138 valence electrons. The van der Waals surface area contributed by atoms with Gasteiger partial charge in [-0.05, 0) is 38.1 Å².